The van der Waals surface area contributed by atoms with Gasteiger partial charge in [0.05, 0.1) is 18.7 Å². The van der Waals surface area contributed by atoms with Crippen LogP contribution in [-0.2, 0) is 21.2 Å². The zero-order chi connectivity index (χ0) is 21.6. The molecule has 0 saturated carbocycles. The van der Waals surface area contributed by atoms with E-state index in [9.17, 15) is 9.90 Å². The molecule has 2 rings (SSSR count). The maximum Gasteiger partial charge on any atom is 0.263 e. The third kappa shape index (κ3) is 8.17. The molecule has 1 aliphatic heterocycles. The fourth-order valence-electron chi connectivity index (χ4n) is 3.53. The van der Waals surface area contributed by atoms with Gasteiger partial charge < -0.3 is 10.0 Å². The topological polar surface area (TPSA) is 59.0 Å². The third-order valence-electron chi connectivity index (χ3n) is 5.32. The molecule has 0 bridgehead atoms. The van der Waals surface area contributed by atoms with Crippen LogP contribution in [0.3, 0.4) is 0 Å². The van der Waals surface area contributed by atoms with Crippen LogP contribution in [0, 0.1) is 0 Å². The number of aliphatic hydroxyl groups excluding tert-OH is 1. The lowest BCUT2D eigenvalue weighted by Gasteiger charge is -2.17. The molecule has 0 unspecified atom stereocenters. The van der Waals surface area contributed by atoms with E-state index in [1.165, 1.54) is 68.1 Å². The molecule has 0 saturated heterocycles. The molecule has 0 spiro atoms. The van der Waals surface area contributed by atoms with E-state index in [-0.39, 0.29) is 23.8 Å². The van der Waals surface area contributed by atoms with Gasteiger partial charge in [-0.1, -0.05) is 89.1 Å². The van der Waals surface area contributed by atoms with E-state index in [0.717, 1.165) is 12.0 Å². The number of anilines is 1. The van der Waals surface area contributed by atoms with E-state index >= 15 is 0 Å². The zero-order valence-corrected chi connectivity index (χ0v) is 18.9. The monoisotopic (exact) mass is 433 g/mol. The second-order valence-electron chi connectivity index (χ2n) is 7.81. The molecule has 5 nitrogen and oxygen atoms in total. The van der Waals surface area contributed by atoms with Crippen molar-refractivity contribution in [1.82, 2.24) is 0 Å². The lowest BCUT2D eigenvalue weighted by Crippen LogP contribution is -2.27. The number of unbranched alkanes of at least 4 members (excludes halogenated alkanes) is 9. The number of carbonyl (C=O) groups is 1. The number of amides is 1. The number of benzene rings is 1. The van der Waals surface area contributed by atoms with Gasteiger partial charge in [0.15, 0.2) is 0 Å². The van der Waals surface area contributed by atoms with Crippen LogP contribution >= 0.6 is 12.2 Å². The summed E-state index contributed by atoms with van der Waals surface area (Å²) >= 11 is 4.81. The summed E-state index contributed by atoms with van der Waals surface area (Å²) in [5, 5.41) is 11.1. The molecule has 0 atom stereocenters. The molecule has 1 amide bonds. The molecular weight excluding hydrogens is 398 g/mol. The van der Waals surface area contributed by atoms with Crippen molar-refractivity contribution in [3.8, 4) is 0 Å². The highest BCUT2D eigenvalue weighted by Crippen LogP contribution is 2.25. The normalized spacial score (nSPS) is 14.0. The molecule has 6 heteroatoms. The van der Waals surface area contributed by atoms with Gasteiger partial charge in [0.2, 0.25) is 0 Å². The molecule has 1 N–H and O–H groups in total. The van der Waals surface area contributed by atoms with Crippen molar-refractivity contribution >= 4 is 29.2 Å². The number of nitrogens with zero attached hydrogens (tertiary/aromatic N) is 1. The summed E-state index contributed by atoms with van der Waals surface area (Å²) in [5.74, 6) is -0.269. The number of thiocarbonyl (C=S) groups is 1. The van der Waals surface area contributed by atoms with E-state index in [1.54, 1.807) is 0 Å². The number of aliphatic hydroxyl groups is 1. The van der Waals surface area contributed by atoms with Crippen molar-refractivity contribution in [3.63, 3.8) is 0 Å². The van der Waals surface area contributed by atoms with Crippen molar-refractivity contribution in [2.45, 2.75) is 77.7 Å². The third-order valence-corrected chi connectivity index (χ3v) is 5.56. The Bertz CT molecular complexity index is 704. The van der Waals surface area contributed by atoms with Crippen LogP contribution in [-0.4, -0.2) is 29.5 Å². The molecule has 1 aromatic rings. The van der Waals surface area contributed by atoms with E-state index in [2.05, 4.69) is 6.92 Å². The molecular formula is C24H35NO4S. The molecule has 166 valence electrons. The van der Waals surface area contributed by atoms with Crippen molar-refractivity contribution in [1.29, 1.82) is 0 Å². The van der Waals surface area contributed by atoms with Gasteiger partial charge in [-0.15, -0.1) is 0 Å². The lowest BCUT2D eigenvalue weighted by molar-refractivity contribution is -0.304. The summed E-state index contributed by atoms with van der Waals surface area (Å²) in [4.78, 5) is 24.4. The highest BCUT2D eigenvalue weighted by molar-refractivity contribution is 7.79. The average Bonchev–Trinajstić information content (AvgIpc) is 3.05. The maximum absolute atomic E-state index is 12.3. The summed E-state index contributed by atoms with van der Waals surface area (Å²) in [5.41, 5.74) is 1.79. The van der Waals surface area contributed by atoms with Crippen molar-refractivity contribution in [2.24, 2.45) is 0 Å². The van der Waals surface area contributed by atoms with E-state index in [4.69, 9.17) is 22.0 Å². The minimum atomic E-state index is -0.280. The van der Waals surface area contributed by atoms with Gasteiger partial charge in [-0.05, 0) is 24.1 Å². The van der Waals surface area contributed by atoms with Gasteiger partial charge in [-0.2, -0.15) is 0 Å². The first kappa shape index (κ1) is 24.5. The van der Waals surface area contributed by atoms with Crippen molar-refractivity contribution in [2.75, 3.05) is 18.1 Å². The van der Waals surface area contributed by atoms with Crippen LogP contribution in [0.4, 0.5) is 5.69 Å². The molecule has 30 heavy (non-hydrogen) atoms. The fraction of sp³-hybridized carbons (Fsp3) is 0.583. The highest BCUT2D eigenvalue weighted by Gasteiger charge is 2.29. The standard InChI is InChI=1S/C24H35NO4S/c1-2-3-4-5-6-7-8-9-10-11-15-28-29-18-20-13-12-14-21(16-20)25-17-23(26)22(19-30)24(25)27/h12-14,16,19,26H,2-11,15,17-18H2,1H3. The molecule has 1 heterocycles. The number of hydrogen-bond acceptors (Lipinski definition) is 5. The summed E-state index contributed by atoms with van der Waals surface area (Å²) in [7, 11) is 0. The average molecular weight is 434 g/mol. The number of rotatable bonds is 16. The second-order valence-corrected chi connectivity index (χ2v) is 8.04. The minimum absolute atomic E-state index is 0.0106. The summed E-state index contributed by atoms with van der Waals surface area (Å²) in [6.45, 7) is 3.30. The van der Waals surface area contributed by atoms with Gasteiger partial charge in [0.25, 0.3) is 5.91 Å². The predicted molar refractivity (Wildman–Crippen MR) is 125 cm³/mol. The molecule has 0 radical (unpaired) electrons. The van der Waals surface area contributed by atoms with Crippen LogP contribution < -0.4 is 4.90 Å². The SMILES string of the molecule is CCCCCCCCCCCCOOCc1cccc(N2CC(O)=C(C=S)C2=O)c1. The first-order chi connectivity index (χ1) is 14.7. The lowest BCUT2D eigenvalue weighted by atomic mass is 10.1. The Morgan fingerprint density at radius 1 is 1.03 bits per heavy atom. The first-order valence-corrected chi connectivity index (χ1v) is 11.7. The maximum atomic E-state index is 12.3. The molecule has 1 aromatic carbocycles. The largest absolute Gasteiger partial charge is 0.510 e. The van der Waals surface area contributed by atoms with Crippen LogP contribution in [0.2, 0.25) is 0 Å². The fourth-order valence-corrected chi connectivity index (χ4v) is 3.77. The van der Waals surface area contributed by atoms with Crippen LogP contribution in [0.1, 0.15) is 76.7 Å². The molecule has 1 aliphatic rings. The smallest absolute Gasteiger partial charge is 0.263 e. The minimum Gasteiger partial charge on any atom is -0.510 e. The van der Waals surface area contributed by atoms with Gasteiger partial charge >= 0.3 is 0 Å². The summed E-state index contributed by atoms with van der Waals surface area (Å²) in [6, 6.07) is 7.46. The Hall–Kier alpha value is -1.76. The predicted octanol–water partition coefficient (Wildman–Crippen LogP) is 6.21. The number of carbonyl (C=O) groups excluding carboxylic acids is 1. The van der Waals surface area contributed by atoms with Gasteiger partial charge in [-0.3, -0.25) is 4.79 Å². The van der Waals surface area contributed by atoms with Crippen LogP contribution in [0.15, 0.2) is 35.6 Å². The number of hydrogen-bond donors (Lipinski definition) is 1. The van der Waals surface area contributed by atoms with Crippen LogP contribution in [0.25, 0.3) is 0 Å². The second kappa shape index (κ2) is 14.3. The Morgan fingerprint density at radius 3 is 2.33 bits per heavy atom. The van der Waals surface area contributed by atoms with Gasteiger partial charge in [0.1, 0.15) is 12.4 Å². The quantitative estimate of drug-likeness (QED) is 0.145. The Labute approximate surface area is 186 Å². The van der Waals surface area contributed by atoms with E-state index in [0.29, 0.717) is 18.9 Å². The van der Waals surface area contributed by atoms with Gasteiger partial charge in [-0.25, -0.2) is 9.78 Å². The van der Waals surface area contributed by atoms with Crippen LogP contribution in [0.5, 0.6) is 0 Å². The van der Waals surface area contributed by atoms with E-state index in [1.807, 2.05) is 24.3 Å². The molecule has 0 fully saturated rings. The molecule has 0 aromatic heterocycles. The Balaban J connectivity index is 1.56. The summed E-state index contributed by atoms with van der Waals surface area (Å²) < 4.78 is 0. The Kier molecular flexibility index (Phi) is 11.7. The highest BCUT2D eigenvalue weighted by atomic mass is 32.1. The Morgan fingerprint density at radius 2 is 1.70 bits per heavy atom. The molecule has 0 aliphatic carbocycles. The van der Waals surface area contributed by atoms with E-state index < -0.39 is 0 Å². The van der Waals surface area contributed by atoms with Gasteiger partial charge in [0, 0.05) is 11.1 Å². The summed E-state index contributed by atoms with van der Waals surface area (Å²) in [6.07, 6.45) is 12.9. The first-order valence-electron chi connectivity index (χ1n) is 11.2. The zero-order valence-electron chi connectivity index (χ0n) is 18.1. The van der Waals surface area contributed by atoms with Crippen molar-refractivity contribution < 1.29 is 19.7 Å². The van der Waals surface area contributed by atoms with Crippen molar-refractivity contribution in [3.05, 3.63) is 41.2 Å².